The summed E-state index contributed by atoms with van der Waals surface area (Å²) in [5.74, 6) is -0.366. The van der Waals surface area contributed by atoms with Gasteiger partial charge in [0.2, 0.25) is 5.91 Å². The van der Waals surface area contributed by atoms with Gasteiger partial charge < -0.3 is 10.1 Å². The van der Waals surface area contributed by atoms with Gasteiger partial charge in [-0.1, -0.05) is 0 Å². The van der Waals surface area contributed by atoms with E-state index in [1.165, 1.54) is 11.3 Å². The fourth-order valence-electron chi connectivity index (χ4n) is 2.54. The van der Waals surface area contributed by atoms with Crippen molar-refractivity contribution in [1.29, 1.82) is 0 Å². The molecule has 2 N–H and O–H groups in total. The molecule has 8 heteroatoms. The molecule has 1 fully saturated rings. The number of hydrogen-bond donors (Lipinski definition) is 2. The van der Waals surface area contributed by atoms with Crippen LogP contribution < -0.4 is 16.6 Å². The summed E-state index contributed by atoms with van der Waals surface area (Å²) in [6.07, 6.45) is 1.94. The number of aromatic amines is 1. The van der Waals surface area contributed by atoms with Gasteiger partial charge in [0.25, 0.3) is 5.56 Å². The molecular formula is C14H17N3O4S. The first kappa shape index (κ1) is 15.0. The Morgan fingerprint density at radius 2 is 2.36 bits per heavy atom. The largest absolute Gasteiger partial charge is 0.376 e. The van der Waals surface area contributed by atoms with Gasteiger partial charge >= 0.3 is 5.69 Å². The molecule has 1 amide bonds. The topological polar surface area (TPSA) is 93.2 Å². The van der Waals surface area contributed by atoms with E-state index in [1.807, 2.05) is 6.92 Å². The quantitative estimate of drug-likeness (QED) is 0.849. The van der Waals surface area contributed by atoms with Gasteiger partial charge in [-0.25, -0.2) is 4.79 Å². The van der Waals surface area contributed by atoms with Crippen LogP contribution in [0.2, 0.25) is 0 Å². The summed E-state index contributed by atoms with van der Waals surface area (Å²) in [4.78, 5) is 40.3. The van der Waals surface area contributed by atoms with Gasteiger partial charge in [0.1, 0.15) is 11.4 Å². The lowest BCUT2D eigenvalue weighted by atomic mass is 10.2. The SMILES string of the molecule is Cc1cc2c(=O)n(CC(=O)NCC3CCCO3)c(=O)[nH]c2s1. The Hall–Kier alpha value is -1.93. The van der Waals surface area contributed by atoms with Gasteiger partial charge in [-0.05, 0) is 25.8 Å². The molecule has 1 unspecified atom stereocenters. The molecule has 1 aliphatic heterocycles. The van der Waals surface area contributed by atoms with Crippen molar-refractivity contribution in [2.75, 3.05) is 13.2 Å². The summed E-state index contributed by atoms with van der Waals surface area (Å²) in [6, 6.07) is 1.72. The standard InChI is InChI=1S/C14H17N3O4S/c1-8-5-10-12(22-8)16-14(20)17(13(10)19)7-11(18)15-6-9-3-2-4-21-9/h5,9H,2-4,6-7H2,1H3,(H,15,18)(H,16,20). The number of aryl methyl sites for hydroxylation is 1. The van der Waals surface area contributed by atoms with E-state index >= 15 is 0 Å². The molecular weight excluding hydrogens is 306 g/mol. The number of carbonyl (C=O) groups excluding carboxylic acids is 1. The third-order valence-electron chi connectivity index (χ3n) is 3.65. The minimum atomic E-state index is -0.563. The predicted octanol–water partition coefficient (Wildman–Crippen LogP) is 0.355. The Balaban J connectivity index is 1.76. The normalized spacial score (nSPS) is 18.0. The van der Waals surface area contributed by atoms with E-state index in [2.05, 4.69) is 10.3 Å². The number of H-pyrrole nitrogens is 1. The highest BCUT2D eigenvalue weighted by Gasteiger charge is 2.17. The molecule has 2 aromatic heterocycles. The zero-order chi connectivity index (χ0) is 15.7. The first-order valence-corrected chi connectivity index (χ1v) is 7.98. The van der Waals surface area contributed by atoms with Gasteiger partial charge in [-0.2, -0.15) is 0 Å². The maximum absolute atomic E-state index is 12.3. The van der Waals surface area contributed by atoms with Gasteiger partial charge in [0, 0.05) is 18.0 Å². The third kappa shape index (κ3) is 2.97. The highest BCUT2D eigenvalue weighted by molar-refractivity contribution is 7.18. The number of thiophene rings is 1. The van der Waals surface area contributed by atoms with E-state index < -0.39 is 11.2 Å². The molecule has 0 bridgehead atoms. The average molecular weight is 323 g/mol. The van der Waals surface area contributed by atoms with Crippen LogP contribution in [0.5, 0.6) is 0 Å². The Bertz CT molecular complexity index is 814. The molecule has 1 atom stereocenters. The summed E-state index contributed by atoms with van der Waals surface area (Å²) >= 11 is 1.35. The molecule has 1 aliphatic rings. The van der Waals surface area contributed by atoms with E-state index in [0.29, 0.717) is 23.4 Å². The molecule has 1 saturated heterocycles. The van der Waals surface area contributed by atoms with Crippen LogP contribution in [-0.2, 0) is 16.1 Å². The summed E-state index contributed by atoms with van der Waals surface area (Å²) in [5, 5.41) is 3.15. The Morgan fingerprint density at radius 1 is 1.55 bits per heavy atom. The maximum Gasteiger partial charge on any atom is 0.329 e. The molecule has 0 spiro atoms. The molecule has 3 heterocycles. The van der Waals surface area contributed by atoms with Gasteiger partial charge in [-0.3, -0.25) is 19.1 Å². The second kappa shape index (κ2) is 6.05. The first-order valence-electron chi connectivity index (χ1n) is 7.16. The van der Waals surface area contributed by atoms with Crippen LogP contribution in [0.4, 0.5) is 0 Å². The van der Waals surface area contributed by atoms with Crippen LogP contribution in [0, 0.1) is 6.92 Å². The van der Waals surface area contributed by atoms with Crippen LogP contribution in [0.1, 0.15) is 17.7 Å². The summed E-state index contributed by atoms with van der Waals surface area (Å²) in [7, 11) is 0. The van der Waals surface area contributed by atoms with E-state index in [1.54, 1.807) is 6.07 Å². The number of nitrogens with one attached hydrogen (secondary N) is 2. The van der Waals surface area contributed by atoms with Crippen molar-refractivity contribution in [2.24, 2.45) is 0 Å². The smallest absolute Gasteiger partial charge is 0.329 e. The van der Waals surface area contributed by atoms with Gasteiger partial charge in [0.15, 0.2) is 0 Å². The number of nitrogens with zero attached hydrogens (tertiary/aromatic N) is 1. The van der Waals surface area contributed by atoms with E-state index in [4.69, 9.17) is 4.74 Å². The molecule has 0 aliphatic carbocycles. The highest BCUT2D eigenvalue weighted by Crippen LogP contribution is 2.18. The van der Waals surface area contributed by atoms with Crippen LogP contribution in [0.15, 0.2) is 15.7 Å². The fourth-order valence-corrected chi connectivity index (χ4v) is 3.44. The second-order valence-corrected chi connectivity index (χ2v) is 6.62. The van der Waals surface area contributed by atoms with Crippen molar-refractivity contribution in [3.63, 3.8) is 0 Å². The third-order valence-corrected chi connectivity index (χ3v) is 4.61. The second-order valence-electron chi connectivity index (χ2n) is 5.36. The van der Waals surface area contributed by atoms with E-state index in [0.717, 1.165) is 22.3 Å². The lowest BCUT2D eigenvalue weighted by Crippen LogP contribution is -2.41. The Labute approximate surface area is 129 Å². The van der Waals surface area contributed by atoms with E-state index in [-0.39, 0.29) is 18.6 Å². The maximum atomic E-state index is 12.3. The molecule has 0 saturated carbocycles. The monoisotopic (exact) mass is 323 g/mol. The number of hydrogen-bond acceptors (Lipinski definition) is 5. The number of amides is 1. The molecule has 22 heavy (non-hydrogen) atoms. The minimum Gasteiger partial charge on any atom is -0.376 e. The molecule has 3 rings (SSSR count). The molecule has 0 radical (unpaired) electrons. The molecule has 118 valence electrons. The number of fused-ring (bicyclic) bond motifs is 1. The van der Waals surface area contributed by atoms with Crippen molar-refractivity contribution in [3.8, 4) is 0 Å². The van der Waals surface area contributed by atoms with Gasteiger partial charge in [0.05, 0.1) is 11.5 Å². The fraction of sp³-hybridized carbons (Fsp3) is 0.500. The van der Waals surface area contributed by atoms with Crippen LogP contribution >= 0.6 is 11.3 Å². The van der Waals surface area contributed by atoms with E-state index in [9.17, 15) is 14.4 Å². The lowest BCUT2D eigenvalue weighted by Gasteiger charge is -2.11. The lowest BCUT2D eigenvalue weighted by molar-refractivity contribution is -0.122. The van der Waals surface area contributed by atoms with Gasteiger partial charge in [-0.15, -0.1) is 11.3 Å². The minimum absolute atomic E-state index is 0.0287. The van der Waals surface area contributed by atoms with Crippen LogP contribution in [-0.4, -0.2) is 34.7 Å². The van der Waals surface area contributed by atoms with Crippen LogP contribution in [0.3, 0.4) is 0 Å². The van der Waals surface area contributed by atoms with Crippen molar-refractivity contribution in [3.05, 3.63) is 31.8 Å². The highest BCUT2D eigenvalue weighted by atomic mass is 32.1. The molecule has 2 aromatic rings. The number of rotatable bonds is 4. The Morgan fingerprint density at radius 3 is 3.09 bits per heavy atom. The predicted molar refractivity (Wildman–Crippen MR) is 83.4 cm³/mol. The summed E-state index contributed by atoms with van der Waals surface area (Å²) < 4.78 is 6.34. The Kier molecular flexibility index (Phi) is 4.12. The van der Waals surface area contributed by atoms with Crippen molar-refractivity contribution in [1.82, 2.24) is 14.9 Å². The van der Waals surface area contributed by atoms with Crippen molar-refractivity contribution < 1.29 is 9.53 Å². The summed E-state index contributed by atoms with van der Waals surface area (Å²) in [6.45, 7) is 2.70. The number of ether oxygens (including phenoxy) is 1. The number of aromatic nitrogens is 2. The van der Waals surface area contributed by atoms with Crippen molar-refractivity contribution >= 4 is 27.5 Å². The van der Waals surface area contributed by atoms with Crippen molar-refractivity contribution in [2.45, 2.75) is 32.4 Å². The zero-order valence-electron chi connectivity index (χ0n) is 12.2. The first-order chi connectivity index (χ1) is 10.5. The zero-order valence-corrected chi connectivity index (χ0v) is 13.0. The molecule has 0 aromatic carbocycles. The number of carbonyl (C=O) groups is 1. The average Bonchev–Trinajstić information content (AvgIpc) is 3.10. The van der Waals surface area contributed by atoms with Crippen LogP contribution in [0.25, 0.3) is 10.2 Å². The summed E-state index contributed by atoms with van der Waals surface area (Å²) in [5.41, 5.74) is -0.998. The molecule has 7 nitrogen and oxygen atoms in total.